The lowest BCUT2D eigenvalue weighted by Crippen LogP contribution is -2.29. The van der Waals surface area contributed by atoms with Crippen molar-refractivity contribution in [2.75, 3.05) is 0 Å². The first-order valence-corrected chi connectivity index (χ1v) is 5.03. The van der Waals surface area contributed by atoms with Crippen LogP contribution < -0.4 is 5.73 Å². The Morgan fingerprint density at radius 2 is 2.15 bits per heavy atom. The molecule has 1 heteroatoms. The first kappa shape index (κ1) is 8.76. The van der Waals surface area contributed by atoms with Crippen LogP contribution in [0.2, 0.25) is 0 Å². The molecule has 0 saturated carbocycles. The van der Waals surface area contributed by atoms with E-state index in [1.165, 1.54) is 17.5 Å². The van der Waals surface area contributed by atoms with E-state index < -0.39 is 0 Å². The van der Waals surface area contributed by atoms with Gasteiger partial charge in [-0.05, 0) is 36.8 Å². The van der Waals surface area contributed by atoms with Gasteiger partial charge in [-0.2, -0.15) is 0 Å². The zero-order chi connectivity index (χ0) is 9.47. The van der Waals surface area contributed by atoms with E-state index in [1.807, 2.05) is 0 Å². The van der Waals surface area contributed by atoms with Gasteiger partial charge >= 0.3 is 0 Å². The smallest absolute Gasteiger partial charge is 0.0389 e. The van der Waals surface area contributed by atoms with Crippen molar-refractivity contribution in [1.29, 1.82) is 0 Å². The van der Waals surface area contributed by atoms with Gasteiger partial charge in [0.05, 0.1) is 0 Å². The first-order valence-electron chi connectivity index (χ1n) is 5.03. The fourth-order valence-corrected chi connectivity index (χ4v) is 2.47. The molecule has 1 aromatic rings. The van der Waals surface area contributed by atoms with Crippen LogP contribution >= 0.6 is 0 Å². The van der Waals surface area contributed by atoms with Crippen molar-refractivity contribution in [1.82, 2.24) is 0 Å². The highest BCUT2D eigenvalue weighted by Gasteiger charge is 2.35. The highest BCUT2D eigenvalue weighted by atomic mass is 14.7. The average molecular weight is 175 g/mol. The van der Waals surface area contributed by atoms with Crippen molar-refractivity contribution in [2.24, 2.45) is 5.73 Å². The van der Waals surface area contributed by atoms with Crippen LogP contribution in [0, 0.1) is 0 Å². The van der Waals surface area contributed by atoms with Crippen LogP contribution in [0.1, 0.15) is 43.7 Å². The van der Waals surface area contributed by atoms with Gasteiger partial charge in [0.25, 0.3) is 0 Å². The van der Waals surface area contributed by atoms with Crippen molar-refractivity contribution in [2.45, 2.75) is 38.1 Å². The molecule has 0 bridgehead atoms. The lowest BCUT2D eigenvalue weighted by atomic mass is 9.95. The molecular formula is C12H17N. The van der Waals surface area contributed by atoms with Crippen molar-refractivity contribution < 1.29 is 0 Å². The highest BCUT2D eigenvalue weighted by Crippen LogP contribution is 2.43. The molecule has 2 N–H and O–H groups in total. The van der Waals surface area contributed by atoms with E-state index in [4.69, 9.17) is 5.73 Å². The van der Waals surface area contributed by atoms with Gasteiger partial charge in [0.1, 0.15) is 0 Å². The van der Waals surface area contributed by atoms with Crippen LogP contribution in [0.15, 0.2) is 24.3 Å². The maximum atomic E-state index is 6.26. The summed E-state index contributed by atoms with van der Waals surface area (Å²) in [6, 6.07) is 8.59. The van der Waals surface area contributed by atoms with E-state index in [9.17, 15) is 0 Å². The van der Waals surface area contributed by atoms with E-state index in [0.29, 0.717) is 5.92 Å². The molecule has 70 valence electrons. The number of rotatable bonds is 1. The topological polar surface area (TPSA) is 26.0 Å². The third-order valence-corrected chi connectivity index (χ3v) is 3.18. The molecule has 0 radical (unpaired) electrons. The van der Waals surface area contributed by atoms with Gasteiger partial charge in [-0.25, -0.2) is 0 Å². The Labute approximate surface area is 80.0 Å². The summed E-state index contributed by atoms with van der Waals surface area (Å²) in [5.74, 6) is 0.672. The number of hydrogen-bond acceptors (Lipinski definition) is 1. The number of fused-ring (bicyclic) bond motifs is 1. The summed E-state index contributed by atoms with van der Waals surface area (Å²) in [6.07, 6.45) is 2.30. The van der Waals surface area contributed by atoms with Crippen LogP contribution in [-0.2, 0) is 5.54 Å². The Kier molecular flexibility index (Phi) is 1.92. The fourth-order valence-electron chi connectivity index (χ4n) is 2.47. The highest BCUT2D eigenvalue weighted by molar-refractivity contribution is 5.40. The Balaban J connectivity index is 2.51. The van der Waals surface area contributed by atoms with E-state index in [0.717, 1.165) is 6.42 Å². The second kappa shape index (κ2) is 2.85. The van der Waals surface area contributed by atoms with Crippen LogP contribution in [0.4, 0.5) is 0 Å². The molecular weight excluding hydrogens is 158 g/mol. The molecule has 1 nitrogen and oxygen atoms in total. The van der Waals surface area contributed by atoms with Gasteiger partial charge in [0, 0.05) is 5.54 Å². The van der Waals surface area contributed by atoms with Crippen LogP contribution in [0.5, 0.6) is 0 Å². The molecule has 1 aliphatic rings. The number of benzene rings is 1. The average Bonchev–Trinajstić information content (AvgIpc) is 2.39. The van der Waals surface area contributed by atoms with Gasteiger partial charge in [-0.15, -0.1) is 0 Å². The Bertz CT molecular complexity index is 315. The van der Waals surface area contributed by atoms with Crippen molar-refractivity contribution in [3.05, 3.63) is 35.4 Å². The standard InChI is InChI=1S/C12H17N/c1-3-9-8-12(2,13)11-7-5-4-6-10(9)11/h4-7,9H,3,8,13H2,1-2H3. The zero-order valence-corrected chi connectivity index (χ0v) is 8.38. The molecule has 0 aromatic heterocycles. The van der Waals surface area contributed by atoms with Crippen molar-refractivity contribution in [3.63, 3.8) is 0 Å². The van der Waals surface area contributed by atoms with Gasteiger partial charge in [0.2, 0.25) is 0 Å². The molecule has 2 unspecified atom stereocenters. The third-order valence-electron chi connectivity index (χ3n) is 3.18. The third kappa shape index (κ3) is 1.28. The van der Waals surface area contributed by atoms with Crippen LogP contribution in [0.25, 0.3) is 0 Å². The molecule has 0 amide bonds. The SMILES string of the molecule is CCC1CC(C)(N)c2ccccc21. The largest absolute Gasteiger partial charge is 0.322 e. The van der Waals surface area contributed by atoms with Gasteiger partial charge in [-0.1, -0.05) is 31.2 Å². The molecule has 13 heavy (non-hydrogen) atoms. The quantitative estimate of drug-likeness (QED) is 0.697. The molecule has 0 aliphatic heterocycles. The monoisotopic (exact) mass is 175 g/mol. The van der Waals surface area contributed by atoms with Crippen LogP contribution in [-0.4, -0.2) is 0 Å². The Morgan fingerprint density at radius 1 is 1.46 bits per heavy atom. The van der Waals surface area contributed by atoms with Crippen molar-refractivity contribution in [3.8, 4) is 0 Å². The van der Waals surface area contributed by atoms with Gasteiger partial charge < -0.3 is 5.73 Å². The summed E-state index contributed by atoms with van der Waals surface area (Å²) < 4.78 is 0. The molecule has 2 atom stereocenters. The maximum Gasteiger partial charge on any atom is 0.0389 e. The van der Waals surface area contributed by atoms with Gasteiger partial charge in [0.15, 0.2) is 0 Å². The molecule has 0 saturated heterocycles. The molecule has 1 aliphatic carbocycles. The second-order valence-electron chi connectivity index (χ2n) is 4.31. The lowest BCUT2D eigenvalue weighted by molar-refractivity contribution is 0.446. The zero-order valence-electron chi connectivity index (χ0n) is 8.38. The summed E-state index contributed by atoms with van der Waals surface area (Å²) in [5, 5.41) is 0. The van der Waals surface area contributed by atoms with E-state index in [-0.39, 0.29) is 5.54 Å². The minimum Gasteiger partial charge on any atom is -0.322 e. The minimum absolute atomic E-state index is 0.0999. The Hall–Kier alpha value is -0.820. The summed E-state index contributed by atoms with van der Waals surface area (Å²) >= 11 is 0. The number of hydrogen-bond donors (Lipinski definition) is 1. The normalized spacial score (nSPS) is 31.8. The predicted octanol–water partition coefficient (Wildman–Crippen LogP) is 2.76. The summed E-state index contributed by atoms with van der Waals surface area (Å²) in [6.45, 7) is 4.38. The summed E-state index contributed by atoms with van der Waals surface area (Å²) in [7, 11) is 0. The minimum atomic E-state index is -0.0999. The molecule has 1 aromatic carbocycles. The Morgan fingerprint density at radius 3 is 2.85 bits per heavy atom. The van der Waals surface area contributed by atoms with E-state index in [1.54, 1.807) is 0 Å². The second-order valence-corrected chi connectivity index (χ2v) is 4.31. The lowest BCUT2D eigenvalue weighted by Gasteiger charge is -2.19. The molecule has 0 fully saturated rings. The molecule has 0 spiro atoms. The van der Waals surface area contributed by atoms with E-state index in [2.05, 4.69) is 38.1 Å². The first-order chi connectivity index (χ1) is 6.15. The number of nitrogens with two attached hydrogens (primary N) is 1. The predicted molar refractivity (Wildman–Crippen MR) is 55.6 cm³/mol. The van der Waals surface area contributed by atoms with E-state index >= 15 is 0 Å². The molecule has 0 heterocycles. The molecule has 2 rings (SSSR count). The summed E-state index contributed by atoms with van der Waals surface area (Å²) in [4.78, 5) is 0. The fraction of sp³-hybridized carbons (Fsp3) is 0.500. The summed E-state index contributed by atoms with van der Waals surface area (Å²) in [5.41, 5.74) is 8.97. The van der Waals surface area contributed by atoms with Crippen LogP contribution in [0.3, 0.4) is 0 Å². The van der Waals surface area contributed by atoms with Crippen molar-refractivity contribution >= 4 is 0 Å². The maximum absolute atomic E-state index is 6.26. The van der Waals surface area contributed by atoms with Gasteiger partial charge in [-0.3, -0.25) is 0 Å².